The van der Waals surface area contributed by atoms with Crippen LogP contribution in [-0.2, 0) is 9.59 Å². The Balaban J connectivity index is 1.80. The van der Waals surface area contributed by atoms with Gasteiger partial charge in [-0.05, 0) is 43.3 Å². The van der Waals surface area contributed by atoms with Crippen molar-refractivity contribution in [2.75, 3.05) is 31.3 Å². The second-order valence-corrected chi connectivity index (χ2v) is 6.91. The number of nitrogens with zero attached hydrogens (tertiary/aromatic N) is 1. The summed E-state index contributed by atoms with van der Waals surface area (Å²) < 4.78 is 18.0. The van der Waals surface area contributed by atoms with Gasteiger partial charge < -0.3 is 15.0 Å². The third-order valence-electron chi connectivity index (χ3n) is 3.82. The number of hydrogen-bond acceptors (Lipinski definition) is 4. The molecule has 5 nitrogen and oxygen atoms in total. The summed E-state index contributed by atoms with van der Waals surface area (Å²) in [6.45, 7) is 2.28. The van der Waals surface area contributed by atoms with Crippen molar-refractivity contribution >= 4 is 29.3 Å². The number of thioether (sulfide) groups is 1. The van der Waals surface area contributed by atoms with E-state index in [0.717, 1.165) is 4.90 Å². The third kappa shape index (κ3) is 6.94. The second-order valence-electron chi connectivity index (χ2n) is 5.74. The van der Waals surface area contributed by atoms with Gasteiger partial charge in [0.2, 0.25) is 11.8 Å². The summed E-state index contributed by atoms with van der Waals surface area (Å²) >= 11 is 1.48. The molecule has 0 spiro atoms. The van der Waals surface area contributed by atoms with Crippen LogP contribution in [0.2, 0.25) is 0 Å². The lowest BCUT2D eigenvalue weighted by atomic mass is 10.3. The molecule has 2 aromatic rings. The highest BCUT2D eigenvalue weighted by Gasteiger charge is 2.15. The minimum Gasteiger partial charge on any atom is -0.497 e. The molecule has 0 bridgehead atoms. The Morgan fingerprint density at radius 2 is 1.93 bits per heavy atom. The van der Waals surface area contributed by atoms with Gasteiger partial charge in [-0.3, -0.25) is 9.59 Å². The van der Waals surface area contributed by atoms with Crippen LogP contribution in [0.25, 0.3) is 0 Å². The minimum absolute atomic E-state index is 0.00619. The molecule has 144 valence electrons. The van der Waals surface area contributed by atoms with Crippen molar-refractivity contribution in [3.05, 3.63) is 54.3 Å². The van der Waals surface area contributed by atoms with Crippen LogP contribution in [0.3, 0.4) is 0 Å². The maximum atomic E-state index is 12.9. The van der Waals surface area contributed by atoms with Crippen molar-refractivity contribution in [1.82, 2.24) is 4.90 Å². The van der Waals surface area contributed by atoms with E-state index in [4.69, 9.17) is 4.74 Å². The standard InChI is InChI=1S/C20H23FN2O3S/c1-3-23(14-19(24)22-16-5-4-6-17(13-16)26-2)20(25)11-12-27-18-9-7-15(21)8-10-18/h4-10,13H,3,11-12,14H2,1-2H3,(H,22,24). The molecule has 0 aliphatic rings. The molecule has 27 heavy (non-hydrogen) atoms. The summed E-state index contributed by atoms with van der Waals surface area (Å²) in [6.07, 6.45) is 0.308. The topological polar surface area (TPSA) is 58.6 Å². The molecular weight excluding hydrogens is 367 g/mol. The number of amides is 2. The van der Waals surface area contributed by atoms with E-state index in [1.165, 1.54) is 28.8 Å². The van der Waals surface area contributed by atoms with Crippen molar-refractivity contribution in [1.29, 1.82) is 0 Å². The number of rotatable bonds is 9. The summed E-state index contributed by atoms with van der Waals surface area (Å²) in [5, 5.41) is 2.77. The second kappa shape index (κ2) is 10.6. The highest BCUT2D eigenvalue weighted by Crippen LogP contribution is 2.19. The first kappa shape index (κ1) is 20.8. The van der Waals surface area contributed by atoms with Crippen LogP contribution < -0.4 is 10.1 Å². The average molecular weight is 390 g/mol. The van der Waals surface area contributed by atoms with Gasteiger partial charge in [0.05, 0.1) is 13.7 Å². The van der Waals surface area contributed by atoms with Gasteiger partial charge in [0.25, 0.3) is 0 Å². The maximum absolute atomic E-state index is 12.9. The molecule has 2 amide bonds. The van der Waals surface area contributed by atoms with E-state index in [1.54, 1.807) is 43.5 Å². The van der Waals surface area contributed by atoms with Crippen molar-refractivity contribution in [3.8, 4) is 5.75 Å². The van der Waals surface area contributed by atoms with E-state index in [1.807, 2.05) is 6.92 Å². The summed E-state index contributed by atoms with van der Waals surface area (Å²) in [7, 11) is 1.56. The van der Waals surface area contributed by atoms with Crippen LogP contribution in [0.1, 0.15) is 13.3 Å². The zero-order chi connectivity index (χ0) is 19.6. The maximum Gasteiger partial charge on any atom is 0.243 e. The number of benzene rings is 2. The van der Waals surface area contributed by atoms with Gasteiger partial charge in [-0.2, -0.15) is 0 Å². The highest BCUT2D eigenvalue weighted by atomic mass is 32.2. The molecule has 2 aromatic carbocycles. The van der Waals surface area contributed by atoms with Crippen molar-refractivity contribution in [3.63, 3.8) is 0 Å². The van der Waals surface area contributed by atoms with Crippen molar-refractivity contribution < 1.29 is 18.7 Å². The van der Waals surface area contributed by atoms with Crippen LogP contribution >= 0.6 is 11.8 Å². The summed E-state index contributed by atoms with van der Waals surface area (Å²) in [6, 6.07) is 13.2. The number of anilines is 1. The van der Waals surface area contributed by atoms with Gasteiger partial charge in [-0.15, -0.1) is 11.8 Å². The molecule has 0 unspecified atom stereocenters. The van der Waals surface area contributed by atoms with Crippen LogP contribution in [0, 0.1) is 5.82 Å². The fourth-order valence-electron chi connectivity index (χ4n) is 2.40. The van der Waals surface area contributed by atoms with E-state index >= 15 is 0 Å². The predicted molar refractivity (Wildman–Crippen MR) is 106 cm³/mol. The SMILES string of the molecule is CCN(CC(=O)Nc1cccc(OC)c1)C(=O)CCSc1ccc(F)cc1. The smallest absolute Gasteiger partial charge is 0.243 e. The van der Waals surface area contributed by atoms with Gasteiger partial charge in [-0.25, -0.2) is 4.39 Å². The van der Waals surface area contributed by atoms with Crippen LogP contribution in [0.4, 0.5) is 10.1 Å². The molecule has 0 radical (unpaired) electrons. The molecule has 0 aliphatic carbocycles. The Bertz CT molecular complexity index is 768. The molecule has 0 fully saturated rings. The Morgan fingerprint density at radius 1 is 1.19 bits per heavy atom. The zero-order valence-electron chi connectivity index (χ0n) is 15.4. The monoisotopic (exact) mass is 390 g/mol. The molecule has 0 saturated heterocycles. The number of ether oxygens (including phenoxy) is 1. The molecule has 0 saturated carbocycles. The van der Waals surface area contributed by atoms with Gasteiger partial charge in [-0.1, -0.05) is 6.07 Å². The first-order valence-corrected chi connectivity index (χ1v) is 9.60. The molecule has 7 heteroatoms. The minimum atomic E-state index is -0.283. The molecule has 2 rings (SSSR count). The first-order chi connectivity index (χ1) is 13.0. The Labute approximate surface area is 162 Å². The number of methoxy groups -OCH3 is 1. The molecule has 0 aromatic heterocycles. The molecule has 0 aliphatic heterocycles. The highest BCUT2D eigenvalue weighted by molar-refractivity contribution is 7.99. The molecular formula is C20H23FN2O3S. The average Bonchev–Trinajstić information content (AvgIpc) is 2.67. The van der Waals surface area contributed by atoms with Crippen LogP contribution in [-0.4, -0.2) is 42.7 Å². The predicted octanol–water partition coefficient (Wildman–Crippen LogP) is 3.80. The number of nitrogens with one attached hydrogen (secondary N) is 1. The lowest BCUT2D eigenvalue weighted by molar-refractivity contribution is -0.134. The first-order valence-electron chi connectivity index (χ1n) is 8.62. The van der Waals surface area contributed by atoms with E-state index in [2.05, 4.69) is 5.32 Å². The molecule has 0 heterocycles. The molecule has 1 N–H and O–H groups in total. The fraction of sp³-hybridized carbons (Fsp3) is 0.300. The van der Waals surface area contributed by atoms with Crippen molar-refractivity contribution in [2.24, 2.45) is 0 Å². The van der Waals surface area contributed by atoms with E-state index in [0.29, 0.717) is 30.2 Å². The normalized spacial score (nSPS) is 10.3. The fourth-order valence-corrected chi connectivity index (χ4v) is 3.24. The number of carbonyl (C=O) groups is 2. The largest absolute Gasteiger partial charge is 0.497 e. The van der Waals surface area contributed by atoms with Crippen LogP contribution in [0.5, 0.6) is 5.75 Å². The Hall–Kier alpha value is -2.54. The van der Waals surface area contributed by atoms with E-state index in [-0.39, 0.29) is 24.2 Å². The number of likely N-dealkylation sites (N-methyl/N-ethyl adjacent to an activating group) is 1. The number of carbonyl (C=O) groups excluding carboxylic acids is 2. The lowest BCUT2D eigenvalue weighted by Gasteiger charge is -2.20. The van der Waals surface area contributed by atoms with Gasteiger partial charge >= 0.3 is 0 Å². The van der Waals surface area contributed by atoms with Gasteiger partial charge in [0.15, 0.2) is 0 Å². The summed E-state index contributed by atoms with van der Waals surface area (Å²) in [4.78, 5) is 27.0. The Morgan fingerprint density at radius 3 is 2.59 bits per heavy atom. The molecule has 0 atom stereocenters. The zero-order valence-corrected chi connectivity index (χ0v) is 16.2. The lowest BCUT2D eigenvalue weighted by Crippen LogP contribution is -2.38. The number of halogens is 1. The quantitative estimate of drug-likeness (QED) is 0.662. The van der Waals surface area contributed by atoms with Crippen molar-refractivity contribution in [2.45, 2.75) is 18.2 Å². The summed E-state index contributed by atoms with van der Waals surface area (Å²) in [5.74, 6) is 0.583. The van der Waals surface area contributed by atoms with Gasteiger partial charge in [0.1, 0.15) is 11.6 Å². The Kier molecular flexibility index (Phi) is 8.13. The van der Waals surface area contributed by atoms with Gasteiger partial charge in [0, 0.05) is 35.4 Å². The van der Waals surface area contributed by atoms with Crippen LogP contribution in [0.15, 0.2) is 53.4 Å². The third-order valence-corrected chi connectivity index (χ3v) is 4.83. The van der Waals surface area contributed by atoms with E-state index in [9.17, 15) is 14.0 Å². The summed E-state index contributed by atoms with van der Waals surface area (Å²) in [5.41, 5.74) is 0.620. The van der Waals surface area contributed by atoms with E-state index < -0.39 is 0 Å². The number of hydrogen-bond donors (Lipinski definition) is 1.